The third kappa shape index (κ3) is 3.44. The number of hydrogen-bond acceptors (Lipinski definition) is 3. The lowest BCUT2D eigenvalue weighted by Gasteiger charge is -2.08. The van der Waals surface area contributed by atoms with Crippen molar-refractivity contribution in [3.63, 3.8) is 0 Å². The van der Waals surface area contributed by atoms with Gasteiger partial charge in [0.05, 0.1) is 17.1 Å². The highest BCUT2D eigenvalue weighted by Crippen LogP contribution is 2.27. The van der Waals surface area contributed by atoms with Crippen molar-refractivity contribution in [3.8, 4) is 6.01 Å². The zero-order valence-electron chi connectivity index (χ0n) is 13.5. The normalized spacial score (nSPS) is 10.9. The molecule has 0 saturated carbocycles. The van der Waals surface area contributed by atoms with Crippen LogP contribution in [0.3, 0.4) is 0 Å². The largest absolute Gasteiger partial charge is 0.465 e. The van der Waals surface area contributed by atoms with Gasteiger partial charge in [0.25, 0.3) is 0 Å². The molecule has 0 aliphatic heterocycles. The number of rotatable bonds is 6. The van der Waals surface area contributed by atoms with E-state index in [9.17, 15) is 4.79 Å². The molecule has 24 heavy (non-hydrogen) atoms. The topological polar surface area (TPSA) is 44.1 Å². The molecule has 3 rings (SSSR count). The van der Waals surface area contributed by atoms with Gasteiger partial charge in [-0.3, -0.25) is 4.79 Å². The Kier molecular flexibility index (Phi) is 5.16. The molecule has 0 aliphatic carbocycles. The molecule has 0 radical (unpaired) electrons. The minimum Gasteiger partial charge on any atom is -0.465 e. The van der Waals surface area contributed by atoms with Crippen LogP contribution >= 0.6 is 11.6 Å². The molecule has 1 heterocycles. The van der Waals surface area contributed by atoms with E-state index in [2.05, 4.69) is 17.1 Å². The Labute approximate surface area is 146 Å². The molecule has 0 spiro atoms. The molecule has 0 saturated heterocycles. The number of halogens is 1. The third-order valence-corrected chi connectivity index (χ3v) is 4.13. The SMILES string of the molecule is CCOc1nc2c(Cl)cccc2n1C(=O)CCCc1ccccc1. The van der Waals surface area contributed by atoms with Gasteiger partial charge in [-0.15, -0.1) is 0 Å². The second-order valence-corrected chi connectivity index (χ2v) is 5.91. The van der Waals surface area contributed by atoms with Gasteiger partial charge in [0.1, 0.15) is 5.52 Å². The number of para-hydroxylation sites is 1. The van der Waals surface area contributed by atoms with Crippen molar-refractivity contribution in [2.75, 3.05) is 6.61 Å². The Morgan fingerprint density at radius 3 is 2.71 bits per heavy atom. The summed E-state index contributed by atoms with van der Waals surface area (Å²) in [6.45, 7) is 2.31. The van der Waals surface area contributed by atoms with Crippen molar-refractivity contribution in [2.45, 2.75) is 26.2 Å². The van der Waals surface area contributed by atoms with Crippen molar-refractivity contribution >= 4 is 28.5 Å². The fourth-order valence-corrected chi connectivity index (χ4v) is 2.92. The second-order valence-electron chi connectivity index (χ2n) is 5.50. The van der Waals surface area contributed by atoms with Crippen LogP contribution < -0.4 is 4.74 Å². The Hall–Kier alpha value is -2.33. The molecular formula is C19H19ClN2O2. The predicted molar refractivity (Wildman–Crippen MR) is 95.9 cm³/mol. The smallest absolute Gasteiger partial charge is 0.304 e. The first kappa shape index (κ1) is 16.5. The molecule has 0 unspecified atom stereocenters. The quantitative estimate of drug-likeness (QED) is 0.649. The van der Waals surface area contributed by atoms with E-state index in [0.717, 1.165) is 12.8 Å². The van der Waals surface area contributed by atoms with Gasteiger partial charge >= 0.3 is 6.01 Å². The Morgan fingerprint density at radius 2 is 1.96 bits per heavy atom. The van der Waals surface area contributed by atoms with Crippen LogP contribution in [0.5, 0.6) is 6.01 Å². The molecule has 5 heteroatoms. The second kappa shape index (κ2) is 7.49. The number of imidazole rings is 1. The van der Waals surface area contributed by atoms with Gasteiger partial charge in [-0.25, -0.2) is 4.57 Å². The van der Waals surface area contributed by atoms with E-state index < -0.39 is 0 Å². The Balaban J connectivity index is 1.80. The number of carbonyl (C=O) groups excluding carboxylic acids is 1. The lowest BCUT2D eigenvalue weighted by molar-refractivity contribution is 0.0891. The van der Waals surface area contributed by atoms with Gasteiger partial charge in [0, 0.05) is 6.42 Å². The first-order valence-corrected chi connectivity index (χ1v) is 8.45. The van der Waals surface area contributed by atoms with Crippen LogP contribution in [0.2, 0.25) is 5.02 Å². The molecule has 1 aromatic heterocycles. The van der Waals surface area contributed by atoms with Crippen molar-refractivity contribution in [2.24, 2.45) is 0 Å². The maximum atomic E-state index is 12.7. The molecule has 0 N–H and O–H groups in total. The maximum absolute atomic E-state index is 12.7. The monoisotopic (exact) mass is 342 g/mol. The molecule has 0 fully saturated rings. The van der Waals surface area contributed by atoms with Crippen LogP contribution in [-0.2, 0) is 6.42 Å². The number of aromatic nitrogens is 2. The standard InChI is InChI=1S/C19H19ClN2O2/c1-2-24-19-21-18-15(20)11-7-12-16(18)22(19)17(23)13-6-10-14-8-4-3-5-9-14/h3-5,7-9,11-12H,2,6,10,13H2,1H3. The predicted octanol–water partition coefficient (Wildman–Crippen LogP) is 4.75. The van der Waals surface area contributed by atoms with Gasteiger partial charge in [-0.1, -0.05) is 48.0 Å². The van der Waals surface area contributed by atoms with Crippen molar-refractivity contribution in [3.05, 3.63) is 59.1 Å². The van der Waals surface area contributed by atoms with Gasteiger partial charge in [0.15, 0.2) is 0 Å². The lowest BCUT2D eigenvalue weighted by atomic mass is 10.1. The van der Waals surface area contributed by atoms with Crippen LogP contribution in [0, 0.1) is 0 Å². The van der Waals surface area contributed by atoms with Gasteiger partial charge in [-0.05, 0) is 37.5 Å². The minimum absolute atomic E-state index is 0.0286. The molecule has 0 bridgehead atoms. The highest BCUT2D eigenvalue weighted by molar-refractivity contribution is 6.35. The molecule has 3 aromatic rings. The Morgan fingerprint density at radius 1 is 1.17 bits per heavy atom. The average Bonchev–Trinajstić information content (AvgIpc) is 2.96. The fraction of sp³-hybridized carbons (Fsp3) is 0.263. The first-order chi connectivity index (χ1) is 11.7. The Bertz CT molecular complexity index is 843. The number of hydrogen-bond donors (Lipinski definition) is 0. The van der Waals surface area contributed by atoms with E-state index in [1.165, 1.54) is 10.1 Å². The maximum Gasteiger partial charge on any atom is 0.304 e. The zero-order chi connectivity index (χ0) is 16.9. The summed E-state index contributed by atoms with van der Waals surface area (Å²) < 4.78 is 7.07. The van der Waals surface area contributed by atoms with Gasteiger partial charge in [0.2, 0.25) is 5.91 Å². The summed E-state index contributed by atoms with van der Waals surface area (Å²) in [5.41, 5.74) is 2.52. The molecule has 0 atom stereocenters. The summed E-state index contributed by atoms with van der Waals surface area (Å²) in [5, 5.41) is 0.518. The molecule has 2 aromatic carbocycles. The molecular weight excluding hydrogens is 324 g/mol. The van der Waals surface area contributed by atoms with Gasteiger partial charge in [-0.2, -0.15) is 4.98 Å². The molecule has 4 nitrogen and oxygen atoms in total. The van der Waals surface area contributed by atoms with Crippen LogP contribution in [0.4, 0.5) is 0 Å². The van der Waals surface area contributed by atoms with Crippen LogP contribution in [0.25, 0.3) is 11.0 Å². The summed E-state index contributed by atoms with van der Waals surface area (Å²) in [6.07, 6.45) is 2.06. The highest BCUT2D eigenvalue weighted by atomic mass is 35.5. The van der Waals surface area contributed by atoms with Crippen molar-refractivity contribution < 1.29 is 9.53 Å². The van der Waals surface area contributed by atoms with E-state index in [1.807, 2.05) is 37.3 Å². The number of aryl methyl sites for hydroxylation is 1. The highest BCUT2D eigenvalue weighted by Gasteiger charge is 2.19. The van der Waals surface area contributed by atoms with Crippen LogP contribution in [0.1, 0.15) is 30.1 Å². The van der Waals surface area contributed by atoms with Crippen molar-refractivity contribution in [1.82, 2.24) is 9.55 Å². The summed E-state index contributed by atoms with van der Waals surface area (Å²) in [6, 6.07) is 15.9. The average molecular weight is 343 g/mol. The van der Waals surface area contributed by atoms with Crippen LogP contribution in [-0.4, -0.2) is 22.1 Å². The number of benzene rings is 2. The number of fused-ring (bicyclic) bond motifs is 1. The van der Waals surface area contributed by atoms with E-state index in [0.29, 0.717) is 35.1 Å². The van der Waals surface area contributed by atoms with E-state index in [1.54, 1.807) is 6.07 Å². The van der Waals surface area contributed by atoms with Crippen LogP contribution in [0.15, 0.2) is 48.5 Å². The van der Waals surface area contributed by atoms with Gasteiger partial charge < -0.3 is 4.74 Å². The molecule has 0 amide bonds. The minimum atomic E-state index is -0.0286. The van der Waals surface area contributed by atoms with E-state index in [-0.39, 0.29) is 5.91 Å². The summed E-state index contributed by atoms with van der Waals surface area (Å²) in [5.74, 6) is -0.0286. The lowest BCUT2D eigenvalue weighted by Crippen LogP contribution is -2.13. The molecule has 124 valence electrons. The summed E-state index contributed by atoms with van der Waals surface area (Å²) in [4.78, 5) is 17.1. The summed E-state index contributed by atoms with van der Waals surface area (Å²) in [7, 11) is 0. The van der Waals surface area contributed by atoms with Crippen molar-refractivity contribution in [1.29, 1.82) is 0 Å². The van der Waals surface area contributed by atoms with E-state index in [4.69, 9.17) is 16.3 Å². The fourth-order valence-electron chi connectivity index (χ4n) is 2.71. The first-order valence-electron chi connectivity index (χ1n) is 8.07. The zero-order valence-corrected chi connectivity index (χ0v) is 14.3. The number of carbonyl (C=O) groups is 1. The molecule has 0 aliphatic rings. The summed E-state index contributed by atoms with van der Waals surface area (Å²) >= 11 is 6.19. The van der Waals surface area contributed by atoms with E-state index >= 15 is 0 Å². The number of nitrogens with zero attached hydrogens (tertiary/aromatic N) is 2. The third-order valence-electron chi connectivity index (χ3n) is 3.83. The number of ether oxygens (including phenoxy) is 1.